The number of ether oxygens (including phenoxy) is 2. The summed E-state index contributed by atoms with van der Waals surface area (Å²) in [4.78, 5) is 30.9. The number of amides is 2. The van der Waals surface area contributed by atoms with E-state index >= 15 is 0 Å². The highest BCUT2D eigenvalue weighted by molar-refractivity contribution is 6.08. The zero-order chi connectivity index (χ0) is 26.8. The van der Waals surface area contributed by atoms with Crippen molar-refractivity contribution in [1.29, 1.82) is 5.41 Å². The Bertz CT molecular complexity index is 1060. The Morgan fingerprint density at radius 2 is 1.59 bits per heavy atom. The molecule has 39 heavy (non-hydrogen) atoms. The van der Waals surface area contributed by atoms with E-state index in [0.29, 0.717) is 47.9 Å². The number of guanidine groups is 1. The average Bonchev–Trinajstić information content (AvgIpc) is 3.67. The van der Waals surface area contributed by atoms with Gasteiger partial charge in [-0.15, -0.1) is 0 Å². The molecule has 1 atom stereocenters. The third-order valence-corrected chi connectivity index (χ3v) is 9.96. The lowest BCUT2D eigenvalue weighted by Crippen LogP contribution is -2.50. The van der Waals surface area contributed by atoms with Crippen LogP contribution < -0.4 is 14.8 Å². The Hall–Kier alpha value is -2.77. The van der Waals surface area contributed by atoms with Crippen molar-refractivity contribution in [2.45, 2.75) is 95.4 Å². The highest BCUT2D eigenvalue weighted by atomic mass is 16.7. The minimum absolute atomic E-state index is 0.0152. The largest absolute Gasteiger partial charge is 0.454 e. The van der Waals surface area contributed by atoms with Gasteiger partial charge in [0, 0.05) is 25.2 Å². The SMILES string of the molecule is N=C1NC(CC2CCCCC2)(CC2CCCCC2)C(=O)N1CCC1CCN(C(=O)c2ccc3c(c2)OCO3)C1. The lowest BCUT2D eigenvalue weighted by molar-refractivity contribution is -0.132. The summed E-state index contributed by atoms with van der Waals surface area (Å²) < 4.78 is 10.8. The molecule has 6 rings (SSSR count). The third-order valence-electron chi connectivity index (χ3n) is 9.96. The highest BCUT2D eigenvalue weighted by Gasteiger charge is 2.51. The van der Waals surface area contributed by atoms with Gasteiger partial charge in [-0.2, -0.15) is 0 Å². The van der Waals surface area contributed by atoms with Crippen molar-refractivity contribution >= 4 is 17.8 Å². The molecule has 2 saturated carbocycles. The van der Waals surface area contributed by atoms with Crippen molar-refractivity contribution in [3.05, 3.63) is 23.8 Å². The second kappa shape index (κ2) is 11.4. The monoisotopic (exact) mass is 536 g/mol. The van der Waals surface area contributed by atoms with Crippen LogP contribution in [0.3, 0.4) is 0 Å². The summed E-state index contributed by atoms with van der Waals surface area (Å²) in [6.45, 7) is 2.15. The maximum atomic E-state index is 14.1. The second-order valence-corrected chi connectivity index (χ2v) is 12.7. The van der Waals surface area contributed by atoms with Gasteiger partial charge in [-0.1, -0.05) is 64.2 Å². The Morgan fingerprint density at radius 3 is 2.28 bits per heavy atom. The summed E-state index contributed by atoms with van der Waals surface area (Å²) in [5.74, 6) is 3.24. The Labute approximate surface area is 232 Å². The van der Waals surface area contributed by atoms with Crippen LogP contribution in [0.5, 0.6) is 11.5 Å². The van der Waals surface area contributed by atoms with Gasteiger partial charge in [0.15, 0.2) is 17.5 Å². The van der Waals surface area contributed by atoms with E-state index in [1.165, 1.54) is 64.2 Å². The number of benzene rings is 1. The fourth-order valence-corrected chi connectivity index (χ4v) is 7.83. The van der Waals surface area contributed by atoms with Crippen LogP contribution in [0.15, 0.2) is 18.2 Å². The van der Waals surface area contributed by atoms with Crippen molar-refractivity contribution in [3.8, 4) is 11.5 Å². The zero-order valence-electron chi connectivity index (χ0n) is 23.2. The number of carbonyl (C=O) groups is 2. The van der Waals surface area contributed by atoms with E-state index in [0.717, 1.165) is 32.2 Å². The summed E-state index contributed by atoms with van der Waals surface area (Å²) in [5, 5.41) is 12.3. The zero-order valence-corrected chi connectivity index (χ0v) is 23.2. The fourth-order valence-electron chi connectivity index (χ4n) is 7.83. The number of hydrogen-bond acceptors (Lipinski definition) is 5. The van der Waals surface area contributed by atoms with E-state index in [4.69, 9.17) is 14.9 Å². The first-order valence-electron chi connectivity index (χ1n) is 15.4. The molecule has 4 fully saturated rings. The molecular formula is C31H44N4O4. The predicted octanol–water partition coefficient (Wildman–Crippen LogP) is 5.31. The van der Waals surface area contributed by atoms with Crippen molar-refractivity contribution in [1.82, 2.24) is 15.1 Å². The molecule has 1 unspecified atom stereocenters. The molecule has 2 saturated heterocycles. The van der Waals surface area contributed by atoms with E-state index in [1.54, 1.807) is 23.1 Å². The molecule has 1 aromatic carbocycles. The normalized spacial score (nSPS) is 25.4. The number of carbonyl (C=O) groups excluding carboxylic acids is 2. The first-order valence-corrected chi connectivity index (χ1v) is 15.4. The highest BCUT2D eigenvalue weighted by Crippen LogP contribution is 2.40. The van der Waals surface area contributed by atoms with Gasteiger partial charge in [0.2, 0.25) is 6.79 Å². The van der Waals surface area contributed by atoms with E-state index in [2.05, 4.69) is 5.32 Å². The van der Waals surface area contributed by atoms with Gasteiger partial charge in [-0.05, 0) is 61.6 Å². The van der Waals surface area contributed by atoms with Crippen LogP contribution in [0.1, 0.15) is 100 Å². The molecule has 5 aliphatic rings. The number of nitrogens with zero attached hydrogens (tertiary/aromatic N) is 2. The predicted molar refractivity (Wildman–Crippen MR) is 149 cm³/mol. The molecule has 3 aliphatic heterocycles. The van der Waals surface area contributed by atoms with Crippen LogP contribution >= 0.6 is 0 Å². The molecule has 8 heteroatoms. The summed E-state index contributed by atoms with van der Waals surface area (Å²) in [7, 11) is 0. The first-order chi connectivity index (χ1) is 19.0. The molecule has 0 bridgehead atoms. The van der Waals surface area contributed by atoms with Gasteiger partial charge in [0.05, 0.1) is 0 Å². The van der Waals surface area contributed by atoms with Gasteiger partial charge in [-0.25, -0.2) is 0 Å². The third kappa shape index (κ3) is 5.62. The lowest BCUT2D eigenvalue weighted by Gasteiger charge is -2.36. The van der Waals surface area contributed by atoms with Crippen molar-refractivity contribution in [2.75, 3.05) is 26.4 Å². The smallest absolute Gasteiger partial charge is 0.255 e. The number of likely N-dealkylation sites (tertiary alicyclic amines) is 1. The van der Waals surface area contributed by atoms with Gasteiger partial charge in [-0.3, -0.25) is 19.9 Å². The fraction of sp³-hybridized carbons (Fsp3) is 0.710. The molecule has 0 spiro atoms. The molecule has 2 aliphatic carbocycles. The van der Waals surface area contributed by atoms with Crippen LogP contribution in [0, 0.1) is 23.2 Å². The van der Waals surface area contributed by atoms with Gasteiger partial charge >= 0.3 is 0 Å². The summed E-state index contributed by atoms with van der Waals surface area (Å²) >= 11 is 0. The number of fused-ring (bicyclic) bond motifs is 1. The van der Waals surface area contributed by atoms with Crippen molar-refractivity contribution in [2.24, 2.45) is 17.8 Å². The maximum absolute atomic E-state index is 14.1. The lowest BCUT2D eigenvalue weighted by atomic mass is 9.73. The van der Waals surface area contributed by atoms with Crippen molar-refractivity contribution in [3.63, 3.8) is 0 Å². The summed E-state index contributed by atoms with van der Waals surface area (Å²) in [6, 6.07) is 5.37. The van der Waals surface area contributed by atoms with Crippen LogP contribution in [0.25, 0.3) is 0 Å². The van der Waals surface area contributed by atoms with Crippen LogP contribution in [0.2, 0.25) is 0 Å². The molecule has 1 aromatic rings. The Morgan fingerprint density at radius 1 is 0.923 bits per heavy atom. The topological polar surface area (TPSA) is 95.0 Å². The molecule has 0 aromatic heterocycles. The summed E-state index contributed by atoms with van der Waals surface area (Å²) in [6.07, 6.45) is 16.0. The number of hydrogen-bond donors (Lipinski definition) is 2. The minimum atomic E-state index is -0.599. The molecule has 2 amide bonds. The Balaban J connectivity index is 1.07. The minimum Gasteiger partial charge on any atom is -0.454 e. The molecule has 212 valence electrons. The first kappa shape index (κ1) is 26.5. The van der Waals surface area contributed by atoms with E-state index in [1.807, 2.05) is 4.90 Å². The maximum Gasteiger partial charge on any atom is 0.255 e. The van der Waals surface area contributed by atoms with E-state index in [-0.39, 0.29) is 24.6 Å². The van der Waals surface area contributed by atoms with Crippen molar-refractivity contribution < 1.29 is 19.1 Å². The van der Waals surface area contributed by atoms with Crippen LogP contribution in [0.4, 0.5) is 0 Å². The quantitative estimate of drug-likeness (QED) is 0.469. The molecule has 8 nitrogen and oxygen atoms in total. The van der Waals surface area contributed by atoms with Crippen LogP contribution in [-0.4, -0.2) is 59.5 Å². The van der Waals surface area contributed by atoms with Gasteiger partial charge < -0.3 is 19.7 Å². The van der Waals surface area contributed by atoms with Crippen LogP contribution in [-0.2, 0) is 4.79 Å². The van der Waals surface area contributed by atoms with E-state index < -0.39 is 5.54 Å². The Kier molecular flexibility index (Phi) is 7.72. The molecule has 0 radical (unpaired) electrons. The average molecular weight is 537 g/mol. The van der Waals surface area contributed by atoms with Gasteiger partial charge in [0.1, 0.15) is 5.54 Å². The second-order valence-electron chi connectivity index (χ2n) is 12.7. The number of nitrogens with one attached hydrogen (secondary N) is 2. The van der Waals surface area contributed by atoms with E-state index in [9.17, 15) is 9.59 Å². The molecule has 3 heterocycles. The molecule has 2 N–H and O–H groups in total. The van der Waals surface area contributed by atoms with Gasteiger partial charge in [0.25, 0.3) is 11.8 Å². The molecular weight excluding hydrogens is 492 g/mol. The standard InChI is InChI=1S/C31H44N4O4/c32-30-33-31(18-22-7-3-1-4-8-22,19-23-9-5-2-6-10-23)29(37)35(30)16-14-24-13-15-34(20-24)28(36)25-11-12-26-27(17-25)39-21-38-26/h11-12,17,22-24H,1-10,13-16,18-21H2,(H2,32,33). The number of rotatable bonds is 8. The summed E-state index contributed by atoms with van der Waals surface area (Å²) in [5.41, 5.74) is 0.0220.